The van der Waals surface area contributed by atoms with Crippen molar-refractivity contribution in [3.05, 3.63) is 106 Å². The topological polar surface area (TPSA) is 105 Å². The number of imide groups is 1. The van der Waals surface area contributed by atoms with Crippen LogP contribution in [-0.4, -0.2) is 36.8 Å². The highest BCUT2D eigenvalue weighted by molar-refractivity contribution is 6.53. The van der Waals surface area contributed by atoms with E-state index in [1.165, 1.54) is 24.3 Å². The van der Waals surface area contributed by atoms with E-state index in [0.29, 0.717) is 23.4 Å². The molecular formula is C28H24ClN3O5. The SMILES string of the molecule is CCOC(=O)c1ccc(N2C(=O)C(Cl)=C(Nc3ccc(C(=O)NCCc4ccccc4)cc3)C2=O)cc1. The Morgan fingerprint density at radius 2 is 1.51 bits per heavy atom. The van der Waals surface area contributed by atoms with Gasteiger partial charge in [0.25, 0.3) is 17.7 Å². The van der Waals surface area contributed by atoms with Crippen LogP contribution in [0.25, 0.3) is 0 Å². The Labute approximate surface area is 218 Å². The van der Waals surface area contributed by atoms with Gasteiger partial charge < -0.3 is 15.4 Å². The van der Waals surface area contributed by atoms with Gasteiger partial charge in [-0.15, -0.1) is 0 Å². The smallest absolute Gasteiger partial charge is 0.338 e. The highest BCUT2D eigenvalue weighted by Crippen LogP contribution is 2.30. The number of halogens is 1. The summed E-state index contributed by atoms with van der Waals surface area (Å²) in [6.07, 6.45) is 0.719. The first-order chi connectivity index (χ1) is 17.9. The van der Waals surface area contributed by atoms with Gasteiger partial charge in [0.15, 0.2) is 0 Å². The van der Waals surface area contributed by atoms with E-state index < -0.39 is 17.8 Å². The van der Waals surface area contributed by atoms with Crippen LogP contribution in [0.1, 0.15) is 33.2 Å². The van der Waals surface area contributed by atoms with E-state index in [1.54, 1.807) is 31.2 Å². The molecule has 3 aromatic carbocycles. The van der Waals surface area contributed by atoms with E-state index in [4.69, 9.17) is 16.3 Å². The molecule has 2 N–H and O–H groups in total. The van der Waals surface area contributed by atoms with Gasteiger partial charge in [0, 0.05) is 17.8 Å². The zero-order chi connectivity index (χ0) is 26.4. The van der Waals surface area contributed by atoms with Crippen molar-refractivity contribution in [2.45, 2.75) is 13.3 Å². The van der Waals surface area contributed by atoms with Crippen LogP contribution in [0.3, 0.4) is 0 Å². The molecule has 0 fully saturated rings. The Bertz CT molecular complexity index is 1350. The average Bonchev–Trinajstić information content (AvgIpc) is 3.12. The minimum Gasteiger partial charge on any atom is -0.462 e. The van der Waals surface area contributed by atoms with Crippen LogP contribution in [0.5, 0.6) is 0 Å². The first-order valence-electron chi connectivity index (χ1n) is 11.6. The third kappa shape index (κ3) is 5.87. The number of carbonyl (C=O) groups excluding carboxylic acids is 4. The number of hydrogen-bond donors (Lipinski definition) is 2. The molecule has 37 heavy (non-hydrogen) atoms. The Morgan fingerprint density at radius 1 is 0.865 bits per heavy atom. The molecule has 8 nitrogen and oxygen atoms in total. The maximum atomic E-state index is 13.0. The van der Waals surface area contributed by atoms with E-state index in [0.717, 1.165) is 16.9 Å². The molecule has 9 heteroatoms. The number of nitrogens with zero attached hydrogens (tertiary/aromatic N) is 1. The standard InChI is InChI=1S/C28H24ClN3O5/c1-2-37-28(36)20-10-14-22(15-11-20)32-26(34)23(29)24(27(32)35)31-21-12-8-19(9-13-21)25(33)30-17-16-18-6-4-3-5-7-18/h3-15,31H,2,16-17H2,1H3,(H,30,33). The molecular weight excluding hydrogens is 494 g/mol. The fraction of sp³-hybridized carbons (Fsp3) is 0.143. The van der Waals surface area contributed by atoms with E-state index in [9.17, 15) is 19.2 Å². The Hall–Kier alpha value is -4.43. The third-order valence-electron chi connectivity index (χ3n) is 5.62. The largest absolute Gasteiger partial charge is 0.462 e. The summed E-state index contributed by atoms with van der Waals surface area (Å²) in [6.45, 7) is 2.43. The summed E-state index contributed by atoms with van der Waals surface area (Å²) in [5, 5.41) is 5.49. The summed E-state index contributed by atoms with van der Waals surface area (Å²) in [6, 6.07) is 22.2. The van der Waals surface area contributed by atoms with Gasteiger partial charge in [-0.3, -0.25) is 14.4 Å². The summed E-state index contributed by atoms with van der Waals surface area (Å²) in [4.78, 5) is 50.9. The van der Waals surface area contributed by atoms with Crippen LogP contribution >= 0.6 is 11.6 Å². The molecule has 3 aromatic rings. The summed E-state index contributed by atoms with van der Waals surface area (Å²) in [7, 11) is 0. The number of amides is 3. The van der Waals surface area contributed by atoms with Crippen LogP contribution in [-0.2, 0) is 20.7 Å². The van der Waals surface area contributed by atoms with Crippen molar-refractivity contribution in [2.24, 2.45) is 0 Å². The molecule has 4 rings (SSSR count). The van der Waals surface area contributed by atoms with Crippen molar-refractivity contribution < 1.29 is 23.9 Å². The van der Waals surface area contributed by atoms with E-state index in [2.05, 4.69) is 10.6 Å². The number of nitrogens with one attached hydrogen (secondary N) is 2. The molecule has 1 aliphatic heterocycles. The number of carbonyl (C=O) groups is 4. The predicted octanol–water partition coefficient (Wildman–Crippen LogP) is 4.27. The van der Waals surface area contributed by atoms with Gasteiger partial charge in [0.05, 0.1) is 17.9 Å². The van der Waals surface area contributed by atoms with Crippen molar-refractivity contribution in [1.29, 1.82) is 0 Å². The molecule has 0 atom stereocenters. The monoisotopic (exact) mass is 517 g/mol. The summed E-state index contributed by atoms with van der Waals surface area (Å²) >= 11 is 6.20. The zero-order valence-corrected chi connectivity index (χ0v) is 20.7. The number of hydrogen-bond acceptors (Lipinski definition) is 6. The van der Waals surface area contributed by atoms with Gasteiger partial charge in [-0.05, 0) is 67.4 Å². The summed E-state index contributed by atoms with van der Waals surface area (Å²) in [5.41, 5.74) is 2.55. The molecule has 1 aliphatic rings. The molecule has 0 unspecified atom stereocenters. The lowest BCUT2D eigenvalue weighted by molar-refractivity contribution is -0.120. The number of benzene rings is 3. The maximum absolute atomic E-state index is 13.0. The van der Waals surface area contributed by atoms with Crippen LogP contribution in [0.2, 0.25) is 0 Å². The average molecular weight is 518 g/mol. The first-order valence-corrected chi connectivity index (χ1v) is 12.0. The number of anilines is 2. The van der Waals surface area contributed by atoms with E-state index >= 15 is 0 Å². The van der Waals surface area contributed by atoms with Gasteiger partial charge in [0.1, 0.15) is 10.7 Å². The Balaban J connectivity index is 1.38. The first kappa shape index (κ1) is 25.7. The van der Waals surface area contributed by atoms with Crippen molar-refractivity contribution in [3.63, 3.8) is 0 Å². The second-order valence-corrected chi connectivity index (χ2v) is 8.47. The minimum absolute atomic E-state index is 0.0822. The third-order valence-corrected chi connectivity index (χ3v) is 5.97. The van der Waals surface area contributed by atoms with Crippen molar-refractivity contribution in [2.75, 3.05) is 23.4 Å². The molecule has 188 valence electrons. The normalized spacial score (nSPS) is 13.1. The van der Waals surface area contributed by atoms with E-state index in [1.807, 2.05) is 30.3 Å². The Morgan fingerprint density at radius 3 is 2.16 bits per heavy atom. The quantitative estimate of drug-likeness (QED) is 0.324. The van der Waals surface area contributed by atoms with Gasteiger partial charge >= 0.3 is 5.97 Å². The summed E-state index contributed by atoms with van der Waals surface area (Å²) < 4.78 is 4.95. The van der Waals surface area contributed by atoms with Crippen LogP contribution < -0.4 is 15.5 Å². The molecule has 0 bridgehead atoms. The number of esters is 1. The van der Waals surface area contributed by atoms with Crippen LogP contribution in [0.4, 0.5) is 11.4 Å². The lowest BCUT2D eigenvalue weighted by Gasteiger charge is -2.15. The molecule has 1 heterocycles. The van der Waals surface area contributed by atoms with Gasteiger partial charge in [0.2, 0.25) is 0 Å². The van der Waals surface area contributed by atoms with Crippen LogP contribution in [0, 0.1) is 0 Å². The molecule has 0 radical (unpaired) electrons. The number of ether oxygens (including phenoxy) is 1. The Kier molecular flexibility index (Phi) is 8.00. The van der Waals surface area contributed by atoms with Gasteiger partial charge in [-0.25, -0.2) is 9.69 Å². The minimum atomic E-state index is -0.688. The van der Waals surface area contributed by atoms with Crippen molar-refractivity contribution in [1.82, 2.24) is 5.32 Å². The molecule has 3 amide bonds. The lowest BCUT2D eigenvalue weighted by atomic mass is 10.1. The van der Waals surface area contributed by atoms with Crippen molar-refractivity contribution >= 4 is 46.7 Å². The molecule has 0 spiro atoms. The highest BCUT2D eigenvalue weighted by Gasteiger charge is 2.39. The molecule has 0 aliphatic carbocycles. The van der Waals surface area contributed by atoms with Crippen LogP contribution in [0.15, 0.2) is 89.6 Å². The fourth-order valence-corrected chi connectivity index (χ4v) is 3.94. The summed E-state index contributed by atoms with van der Waals surface area (Å²) in [5.74, 6) is -2.04. The fourth-order valence-electron chi connectivity index (χ4n) is 3.72. The lowest BCUT2D eigenvalue weighted by Crippen LogP contribution is -2.32. The van der Waals surface area contributed by atoms with Gasteiger partial charge in [-0.1, -0.05) is 41.9 Å². The maximum Gasteiger partial charge on any atom is 0.338 e. The second-order valence-electron chi connectivity index (χ2n) is 8.10. The number of rotatable bonds is 9. The second kappa shape index (κ2) is 11.5. The highest BCUT2D eigenvalue weighted by atomic mass is 35.5. The van der Waals surface area contributed by atoms with E-state index in [-0.39, 0.29) is 28.9 Å². The zero-order valence-electron chi connectivity index (χ0n) is 20.0. The molecule has 0 aromatic heterocycles. The molecule has 0 saturated carbocycles. The molecule has 0 saturated heterocycles. The van der Waals surface area contributed by atoms with Crippen molar-refractivity contribution in [3.8, 4) is 0 Å². The van der Waals surface area contributed by atoms with Gasteiger partial charge in [-0.2, -0.15) is 0 Å². The predicted molar refractivity (Wildman–Crippen MR) is 140 cm³/mol.